The van der Waals surface area contributed by atoms with Crippen molar-refractivity contribution in [1.29, 1.82) is 0 Å². The van der Waals surface area contributed by atoms with Crippen molar-refractivity contribution in [3.63, 3.8) is 0 Å². The molecule has 1 heterocycles. The van der Waals surface area contributed by atoms with Gasteiger partial charge in [-0.25, -0.2) is 9.18 Å². The molecule has 4 nitrogen and oxygen atoms in total. The Morgan fingerprint density at radius 2 is 1.80 bits per heavy atom. The molecule has 0 spiro atoms. The van der Waals surface area contributed by atoms with Crippen molar-refractivity contribution in [2.75, 3.05) is 38.2 Å². The highest BCUT2D eigenvalue weighted by atomic mass is 19.1. The van der Waals surface area contributed by atoms with E-state index in [-0.39, 0.29) is 12.7 Å². The van der Waals surface area contributed by atoms with Crippen molar-refractivity contribution < 1.29 is 9.18 Å². The normalized spacial score (nSPS) is 19.4. The highest BCUT2D eigenvalue weighted by Gasteiger charge is 2.27. The highest BCUT2D eigenvalue weighted by molar-refractivity contribution is 5.92. The number of amides is 2. The van der Waals surface area contributed by atoms with E-state index in [0.717, 1.165) is 50.9 Å². The number of likely N-dealkylation sites (tertiary alicyclic amines) is 1. The fourth-order valence-corrected chi connectivity index (χ4v) is 4.68. The Kier molecular flexibility index (Phi) is 4.93. The van der Waals surface area contributed by atoms with Crippen molar-refractivity contribution in [1.82, 2.24) is 10.2 Å². The van der Waals surface area contributed by atoms with E-state index in [1.165, 1.54) is 35.1 Å². The summed E-state index contributed by atoms with van der Waals surface area (Å²) in [7, 11) is 0. The quantitative estimate of drug-likeness (QED) is 0.832. The lowest BCUT2D eigenvalue weighted by Crippen LogP contribution is -2.48. The maximum atomic E-state index is 12.4. The van der Waals surface area contributed by atoms with Crippen LogP contribution in [0.25, 0.3) is 0 Å². The molecule has 1 saturated heterocycles. The average Bonchev–Trinajstić information content (AvgIpc) is 3.21. The van der Waals surface area contributed by atoms with Gasteiger partial charge in [-0.2, -0.15) is 0 Å². The zero-order chi connectivity index (χ0) is 17.2. The summed E-state index contributed by atoms with van der Waals surface area (Å²) in [5.41, 5.74) is 6.74. The molecule has 3 aliphatic rings. The summed E-state index contributed by atoms with van der Waals surface area (Å²) in [6.07, 6.45) is 7.85. The van der Waals surface area contributed by atoms with Crippen molar-refractivity contribution in [2.45, 2.75) is 44.9 Å². The number of fused-ring (bicyclic) bond motifs is 2. The zero-order valence-corrected chi connectivity index (χ0v) is 14.9. The molecule has 1 aromatic rings. The molecule has 25 heavy (non-hydrogen) atoms. The van der Waals surface area contributed by atoms with Gasteiger partial charge in [0.25, 0.3) is 0 Å². The maximum absolute atomic E-state index is 12.4. The van der Waals surface area contributed by atoms with Gasteiger partial charge in [0.15, 0.2) is 0 Å². The summed E-state index contributed by atoms with van der Waals surface area (Å²) in [6.45, 7) is 2.91. The predicted octanol–water partition coefficient (Wildman–Crippen LogP) is 3.08. The topological polar surface area (TPSA) is 44.4 Å². The minimum absolute atomic E-state index is 0.0747. The molecule has 1 aromatic carbocycles. The van der Waals surface area contributed by atoms with E-state index in [1.807, 2.05) is 0 Å². The molecule has 1 aliphatic heterocycles. The molecule has 1 fully saturated rings. The number of carbonyl (C=O) groups is 1. The second kappa shape index (κ2) is 7.32. The van der Waals surface area contributed by atoms with Gasteiger partial charge >= 0.3 is 6.03 Å². The van der Waals surface area contributed by atoms with E-state index >= 15 is 0 Å². The molecule has 0 radical (unpaired) electrons. The Hall–Kier alpha value is -1.62. The van der Waals surface area contributed by atoms with Gasteiger partial charge in [0.05, 0.1) is 0 Å². The molecule has 5 heteroatoms. The van der Waals surface area contributed by atoms with Crippen LogP contribution in [0.1, 0.15) is 41.5 Å². The summed E-state index contributed by atoms with van der Waals surface area (Å²) in [5, 5.41) is 6.19. The number of hydrogen-bond acceptors (Lipinski definition) is 2. The Morgan fingerprint density at radius 1 is 1.12 bits per heavy atom. The lowest BCUT2D eigenvalue weighted by atomic mass is 9.96. The molecular weight excluding hydrogens is 317 g/mol. The summed E-state index contributed by atoms with van der Waals surface area (Å²) in [5.74, 6) is 0.595. The Labute approximate surface area is 149 Å². The molecule has 0 saturated carbocycles. The minimum Gasteiger partial charge on any atom is -0.338 e. The third kappa shape index (κ3) is 3.52. The smallest absolute Gasteiger partial charge is 0.319 e. The number of alkyl halides is 1. The minimum atomic E-state index is -0.265. The number of rotatable bonds is 6. The molecule has 0 aromatic heterocycles. The van der Waals surface area contributed by atoms with E-state index < -0.39 is 0 Å². The van der Waals surface area contributed by atoms with Crippen LogP contribution >= 0.6 is 0 Å². The number of anilines is 1. The van der Waals surface area contributed by atoms with Gasteiger partial charge in [0.1, 0.15) is 6.67 Å². The van der Waals surface area contributed by atoms with Crippen LogP contribution in [-0.4, -0.2) is 43.8 Å². The SMILES string of the molecule is O=C(NCCC1CN(CCF)C1)Nc1c2c(cc3c1CCC3)CCC2. The van der Waals surface area contributed by atoms with Crippen LogP contribution in [0.4, 0.5) is 14.9 Å². The maximum Gasteiger partial charge on any atom is 0.319 e. The first kappa shape index (κ1) is 16.8. The van der Waals surface area contributed by atoms with Gasteiger partial charge in [-0.05, 0) is 73.1 Å². The second-order valence-corrected chi connectivity index (χ2v) is 7.72. The van der Waals surface area contributed by atoms with E-state index in [4.69, 9.17) is 0 Å². The van der Waals surface area contributed by atoms with Gasteiger partial charge in [0.2, 0.25) is 0 Å². The van der Waals surface area contributed by atoms with Crippen LogP contribution in [0, 0.1) is 5.92 Å². The van der Waals surface area contributed by atoms with Crippen LogP contribution < -0.4 is 10.6 Å². The molecule has 2 N–H and O–H groups in total. The first-order valence-electron chi connectivity index (χ1n) is 9.74. The predicted molar refractivity (Wildman–Crippen MR) is 98.0 cm³/mol. The number of carbonyl (C=O) groups excluding carboxylic acids is 1. The average molecular weight is 345 g/mol. The number of benzene rings is 1. The molecule has 0 unspecified atom stereocenters. The second-order valence-electron chi connectivity index (χ2n) is 7.72. The number of hydrogen-bond donors (Lipinski definition) is 2. The third-order valence-electron chi connectivity index (χ3n) is 5.98. The van der Waals surface area contributed by atoms with E-state index in [2.05, 4.69) is 21.6 Å². The number of nitrogens with zero attached hydrogens (tertiary/aromatic N) is 1. The summed E-state index contributed by atoms with van der Waals surface area (Å²) in [6, 6.07) is 2.31. The summed E-state index contributed by atoms with van der Waals surface area (Å²) < 4.78 is 12.2. The molecule has 4 rings (SSSR count). The van der Waals surface area contributed by atoms with Crippen molar-refractivity contribution >= 4 is 11.7 Å². The zero-order valence-electron chi connectivity index (χ0n) is 14.9. The van der Waals surface area contributed by atoms with Gasteiger partial charge in [-0.1, -0.05) is 6.07 Å². The number of nitrogens with one attached hydrogen (secondary N) is 2. The fourth-order valence-electron chi connectivity index (χ4n) is 4.68. The van der Waals surface area contributed by atoms with Gasteiger partial charge in [0, 0.05) is 31.9 Å². The van der Waals surface area contributed by atoms with Gasteiger partial charge < -0.3 is 15.5 Å². The highest BCUT2D eigenvalue weighted by Crippen LogP contribution is 2.38. The Bertz CT molecular complexity index is 623. The number of urea groups is 1. The Balaban J connectivity index is 1.30. The van der Waals surface area contributed by atoms with Gasteiger partial charge in [-0.3, -0.25) is 0 Å². The van der Waals surface area contributed by atoms with Crippen LogP contribution in [0.5, 0.6) is 0 Å². The third-order valence-corrected chi connectivity index (χ3v) is 5.98. The molecular formula is C20H28FN3O. The van der Waals surface area contributed by atoms with Crippen molar-refractivity contribution in [3.05, 3.63) is 28.3 Å². The molecule has 2 aliphatic carbocycles. The van der Waals surface area contributed by atoms with Crippen molar-refractivity contribution in [2.24, 2.45) is 5.92 Å². The lowest BCUT2D eigenvalue weighted by Gasteiger charge is -2.38. The van der Waals surface area contributed by atoms with E-state index in [0.29, 0.717) is 19.0 Å². The Morgan fingerprint density at radius 3 is 2.44 bits per heavy atom. The van der Waals surface area contributed by atoms with Crippen LogP contribution in [0.3, 0.4) is 0 Å². The van der Waals surface area contributed by atoms with Crippen LogP contribution in [-0.2, 0) is 25.7 Å². The van der Waals surface area contributed by atoms with Crippen LogP contribution in [0.2, 0.25) is 0 Å². The summed E-state index contributed by atoms with van der Waals surface area (Å²) >= 11 is 0. The van der Waals surface area contributed by atoms with Crippen molar-refractivity contribution in [3.8, 4) is 0 Å². The van der Waals surface area contributed by atoms with Gasteiger partial charge in [-0.15, -0.1) is 0 Å². The monoisotopic (exact) mass is 345 g/mol. The van der Waals surface area contributed by atoms with E-state index in [1.54, 1.807) is 0 Å². The number of aryl methyl sites for hydroxylation is 2. The molecule has 0 atom stereocenters. The fraction of sp³-hybridized carbons (Fsp3) is 0.650. The lowest BCUT2D eigenvalue weighted by molar-refractivity contribution is 0.0877. The largest absolute Gasteiger partial charge is 0.338 e. The van der Waals surface area contributed by atoms with Crippen LogP contribution in [0.15, 0.2) is 6.07 Å². The molecule has 0 bridgehead atoms. The first-order valence-corrected chi connectivity index (χ1v) is 9.74. The first-order chi connectivity index (χ1) is 12.2. The summed E-state index contributed by atoms with van der Waals surface area (Å²) in [4.78, 5) is 14.5. The molecule has 2 amide bonds. The number of halogens is 1. The van der Waals surface area contributed by atoms with E-state index in [9.17, 15) is 9.18 Å². The molecule has 136 valence electrons. The standard InChI is InChI=1S/C20H28FN3O/c21-8-10-24-12-14(13-24)7-9-22-20(25)23-19-17-5-1-3-15(17)11-16-4-2-6-18(16)19/h11,14H,1-10,12-13H2,(H2,22,23,25).